The summed E-state index contributed by atoms with van der Waals surface area (Å²) in [4.78, 5) is 13.3. The molecule has 3 nitrogen and oxygen atoms in total. The van der Waals surface area contributed by atoms with Crippen LogP contribution in [0.2, 0.25) is 0 Å². The summed E-state index contributed by atoms with van der Waals surface area (Å²) in [5.74, 6) is 0.277. The van der Waals surface area contributed by atoms with Crippen molar-refractivity contribution < 1.29 is 18.3 Å². The van der Waals surface area contributed by atoms with E-state index in [1.54, 1.807) is 12.1 Å². The topological polar surface area (TPSA) is 29.5 Å². The zero-order valence-corrected chi connectivity index (χ0v) is 14.9. The second-order valence-corrected chi connectivity index (χ2v) is 6.06. The minimum absolute atomic E-state index is 0.200. The summed E-state index contributed by atoms with van der Waals surface area (Å²) in [6, 6.07) is 20.9. The Balaban J connectivity index is 1.98. The number of amides is 1. The van der Waals surface area contributed by atoms with Crippen molar-refractivity contribution >= 4 is 22.4 Å². The molecule has 1 amide bonds. The molecular formula is C22H19F2NO2. The largest absolute Gasteiger partial charge is 0.488 e. The van der Waals surface area contributed by atoms with Crippen LogP contribution in [-0.4, -0.2) is 12.5 Å². The summed E-state index contributed by atoms with van der Waals surface area (Å²) >= 11 is 0. The average Bonchev–Trinajstić information content (AvgIpc) is 2.66. The van der Waals surface area contributed by atoms with E-state index in [1.807, 2.05) is 54.6 Å². The number of hydrogen-bond acceptors (Lipinski definition) is 2. The number of benzene rings is 3. The van der Waals surface area contributed by atoms with E-state index in [0.29, 0.717) is 18.0 Å². The Hall–Kier alpha value is -3.21. The summed E-state index contributed by atoms with van der Waals surface area (Å²) in [6.45, 7) is 1.52. The van der Waals surface area contributed by atoms with E-state index >= 15 is 0 Å². The Morgan fingerprint density at radius 1 is 1.04 bits per heavy atom. The second-order valence-electron chi connectivity index (χ2n) is 6.06. The van der Waals surface area contributed by atoms with Crippen molar-refractivity contribution in [3.05, 3.63) is 84.5 Å². The molecule has 138 valence electrons. The van der Waals surface area contributed by atoms with Crippen molar-refractivity contribution in [2.24, 2.45) is 0 Å². The molecule has 0 unspecified atom stereocenters. The molecule has 0 spiro atoms. The quantitative estimate of drug-likeness (QED) is 0.571. The maximum absolute atomic E-state index is 12.5. The molecule has 0 aliphatic rings. The van der Waals surface area contributed by atoms with Gasteiger partial charge in [-0.3, -0.25) is 4.79 Å². The predicted octanol–water partition coefficient (Wildman–Crippen LogP) is 5.55. The molecule has 27 heavy (non-hydrogen) atoms. The average molecular weight is 367 g/mol. The summed E-state index contributed by atoms with van der Waals surface area (Å²) in [5.41, 5.74) is 1.53. The van der Waals surface area contributed by atoms with E-state index in [9.17, 15) is 13.6 Å². The number of rotatable bonds is 6. The van der Waals surface area contributed by atoms with Gasteiger partial charge in [0.2, 0.25) is 5.91 Å². The molecule has 0 bridgehead atoms. The van der Waals surface area contributed by atoms with Gasteiger partial charge in [-0.15, -0.1) is 0 Å². The van der Waals surface area contributed by atoms with Crippen LogP contribution < -0.4 is 9.64 Å². The molecule has 3 aromatic carbocycles. The van der Waals surface area contributed by atoms with Gasteiger partial charge in [-0.2, -0.15) is 8.78 Å². The first kappa shape index (κ1) is 18.6. The predicted molar refractivity (Wildman–Crippen MR) is 103 cm³/mol. The molecule has 0 radical (unpaired) electrons. The molecule has 0 heterocycles. The van der Waals surface area contributed by atoms with Gasteiger partial charge in [-0.25, -0.2) is 0 Å². The molecule has 0 aliphatic heterocycles. The van der Waals surface area contributed by atoms with Crippen LogP contribution in [0.4, 0.5) is 14.5 Å². The molecular weight excluding hydrogens is 348 g/mol. The van der Waals surface area contributed by atoms with Gasteiger partial charge in [0.25, 0.3) is 6.08 Å². The first-order chi connectivity index (χ1) is 13.0. The van der Waals surface area contributed by atoms with Crippen molar-refractivity contribution in [3.8, 4) is 5.75 Å². The lowest BCUT2D eigenvalue weighted by Gasteiger charge is -2.21. The molecule has 5 heteroatoms. The summed E-state index contributed by atoms with van der Waals surface area (Å²) in [5, 5.41) is 1.77. The Bertz CT molecular complexity index is 966. The highest BCUT2D eigenvalue weighted by Crippen LogP contribution is 2.32. The Morgan fingerprint density at radius 2 is 1.74 bits per heavy atom. The first-order valence-electron chi connectivity index (χ1n) is 8.53. The van der Waals surface area contributed by atoms with E-state index in [4.69, 9.17) is 4.74 Å². The number of fused-ring (bicyclic) bond motifs is 1. The van der Waals surface area contributed by atoms with Gasteiger partial charge in [0, 0.05) is 36.7 Å². The van der Waals surface area contributed by atoms with Crippen molar-refractivity contribution in [1.82, 2.24) is 0 Å². The molecule has 0 fully saturated rings. The minimum Gasteiger partial charge on any atom is -0.488 e. The summed E-state index contributed by atoms with van der Waals surface area (Å²) in [7, 11) is 0. The zero-order valence-electron chi connectivity index (χ0n) is 14.9. The van der Waals surface area contributed by atoms with Crippen LogP contribution >= 0.6 is 0 Å². The molecule has 0 atom stereocenters. The molecule has 3 rings (SSSR count). The van der Waals surface area contributed by atoms with Crippen molar-refractivity contribution in [2.75, 3.05) is 11.4 Å². The van der Waals surface area contributed by atoms with Crippen LogP contribution in [0.25, 0.3) is 10.8 Å². The summed E-state index contributed by atoms with van der Waals surface area (Å²) in [6.07, 6.45) is -1.09. The van der Waals surface area contributed by atoms with Crippen LogP contribution in [0.15, 0.2) is 78.9 Å². The molecule has 0 saturated heterocycles. The highest BCUT2D eigenvalue weighted by molar-refractivity contribution is 5.97. The Labute approximate surface area is 156 Å². The second kappa shape index (κ2) is 8.45. The number of nitrogens with zero attached hydrogens (tertiary/aromatic N) is 1. The Morgan fingerprint density at radius 3 is 2.44 bits per heavy atom. The van der Waals surface area contributed by atoms with Crippen LogP contribution in [0.3, 0.4) is 0 Å². The maximum atomic E-state index is 12.5. The first-order valence-corrected chi connectivity index (χ1v) is 8.53. The van der Waals surface area contributed by atoms with Crippen LogP contribution in [0, 0.1) is 0 Å². The fraction of sp³-hybridized carbons (Fsp3) is 0.136. The maximum Gasteiger partial charge on any atom is 0.268 e. The van der Waals surface area contributed by atoms with E-state index in [1.165, 1.54) is 11.8 Å². The van der Waals surface area contributed by atoms with Gasteiger partial charge in [-0.1, -0.05) is 54.6 Å². The van der Waals surface area contributed by atoms with E-state index in [2.05, 4.69) is 0 Å². The normalized spacial score (nSPS) is 10.5. The fourth-order valence-electron chi connectivity index (χ4n) is 2.85. The van der Waals surface area contributed by atoms with Gasteiger partial charge in [0.1, 0.15) is 12.4 Å². The van der Waals surface area contributed by atoms with Crippen LogP contribution in [-0.2, 0) is 11.4 Å². The SMILES string of the molecule is CC(=O)N(CC=C(F)F)c1cc(OCc2ccccc2)c2ccccc2c1. The highest BCUT2D eigenvalue weighted by atomic mass is 19.3. The molecule has 0 N–H and O–H groups in total. The van der Waals surface area contributed by atoms with E-state index in [-0.39, 0.29) is 12.5 Å². The fourth-order valence-corrected chi connectivity index (χ4v) is 2.85. The lowest BCUT2D eigenvalue weighted by molar-refractivity contribution is -0.116. The number of carbonyl (C=O) groups excluding carboxylic acids is 1. The van der Waals surface area contributed by atoms with Gasteiger partial charge in [0.15, 0.2) is 0 Å². The third-order valence-electron chi connectivity index (χ3n) is 4.17. The lowest BCUT2D eigenvalue weighted by Crippen LogP contribution is -2.28. The van der Waals surface area contributed by atoms with Crippen molar-refractivity contribution in [3.63, 3.8) is 0 Å². The molecule has 3 aromatic rings. The number of hydrogen-bond donors (Lipinski definition) is 0. The molecule has 0 aliphatic carbocycles. The lowest BCUT2D eigenvalue weighted by atomic mass is 10.1. The standard InChI is InChI=1S/C22H19F2NO2/c1-16(26)25(12-11-22(23)24)19-13-18-9-5-6-10-20(18)21(14-19)27-15-17-7-3-2-4-8-17/h2-11,13-14H,12,15H2,1H3. The van der Waals surface area contributed by atoms with Crippen LogP contribution in [0.1, 0.15) is 12.5 Å². The van der Waals surface area contributed by atoms with Gasteiger partial charge in [0.05, 0.1) is 0 Å². The van der Waals surface area contributed by atoms with Crippen molar-refractivity contribution in [1.29, 1.82) is 0 Å². The van der Waals surface area contributed by atoms with E-state index in [0.717, 1.165) is 22.4 Å². The number of halogens is 2. The highest BCUT2D eigenvalue weighted by Gasteiger charge is 2.14. The molecule has 0 aromatic heterocycles. The number of ether oxygens (including phenoxy) is 1. The Kier molecular flexibility index (Phi) is 5.81. The van der Waals surface area contributed by atoms with Gasteiger partial charge >= 0.3 is 0 Å². The zero-order chi connectivity index (χ0) is 19.2. The molecule has 0 saturated carbocycles. The van der Waals surface area contributed by atoms with Gasteiger partial charge < -0.3 is 9.64 Å². The monoisotopic (exact) mass is 367 g/mol. The smallest absolute Gasteiger partial charge is 0.268 e. The van der Waals surface area contributed by atoms with Gasteiger partial charge in [-0.05, 0) is 17.0 Å². The summed E-state index contributed by atoms with van der Waals surface area (Å²) < 4.78 is 31.0. The van der Waals surface area contributed by atoms with Crippen LogP contribution in [0.5, 0.6) is 5.75 Å². The minimum atomic E-state index is -1.82. The number of carbonyl (C=O) groups is 1. The van der Waals surface area contributed by atoms with E-state index < -0.39 is 6.08 Å². The third-order valence-corrected chi connectivity index (χ3v) is 4.17. The third kappa shape index (κ3) is 4.70. The van der Waals surface area contributed by atoms with Crippen molar-refractivity contribution in [2.45, 2.75) is 13.5 Å². The number of anilines is 1.